The summed E-state index contributed by atoms with van der Waals surface area (Å²) in [7, 11) is 0. The highest BCUT2D eigenvalue weighted by atomic mass is 15.2. The normalized spacial score (nSPS) is 12.0. The molecule has 10 rings (SSSR count). The fourth-order valence-corrected chi connectivity index (χ4v) is 11.1. The van der Waals surface area contributed by atoms with Crippen LogP contribution in [-0.4, -0.2) is 0 Å². The summed E-state index contributed by atoms with van der Waals surface area (Å²) < 4.78 is 0. The predicted molar refractivity (Wildman–Crippen MR) is 306 cm³/mol. The lowest BCUT2D eigenvalue weighted by atomic mass is 9.83. The molecule has 10 aromatic rings. The van der Waals surface area contributed by atoms with Crippen molar-refractivity contribution in [3.8, 4) is 22.3 Å². The molecule has 10 aromatic carbocycles. The molecule has 0 saturated heterocycles. The van der Waals surface area contributed by atoms with Gasteiger partial charge in [-0.3, -0.25) is 0 Å². The number of nitrogens with zero attached hydrogens (tertiary/aromatic N) is 2. The molecular weight excluding hydrogens is 845 g/mol. The van der Waals surface area contributed by atoms with E-state index in [2.05, 4.69) is 264 Å². The van der Waals surface area contributed by atoms with Gasteiger partial charge < -0.3 is 9.80 Å². The maximum atomic E-state index is 2.58. The smallest absolute Gasteiger partial charge is 0.0561 e. The Kier molecular flexibility index (Phi) is 12.0. The number of anilines is 6. The summed E-state index contributed by atoms with van der Waals surface area (Å²) >= 11 is 0. The van der Waals surface area contributed by atoms with Gasteiger partial charge >= 0.3 is 0 Å². The first kappa shape index (κ1) is 46.6. The Labute approximate surface area is 417 Å². The Morgan fingerprint density at radius 2 is 0.757 bits per heavy atom. The van der Waals surface area contributed by atoms with Crippen LogP contribution in [0.25, 0.3) is 54.6 Å². The molecule has 0 heterocycles. The summed E-state index contributed by atoms with van der Waals surface area (Å²) in [5.74, 6) is 0.710. The summed E-state index contributed by atoms with van der Waals surface area (Å²) in [6, 6.07) is 63.0. The molecule has 0 spiro atoms. The molecular formula is C68H68N2. The van der Waals surface area contributed by atoms with Crippen molar-refractivity contribution in [3.05, 3.63) is 214 Å². The zero-order valence-corrected chi connectivity index (χ0v) is 43.6. The van der Waals surface area contributed by atoms with Gasteiger partial charge in [0, 0.05) is 38.9 Å². The molecule has 0 saturated carbocycles. The Bertz CT molecular complexity index is 3350. The van der Waals surface area contributed by atoms with E-state index in [-0.39, 0.29) is 5.41 Å². The minimum absolute atomic E-state index is 0.00670. The molecule has 0 N–H and O–H groups in total. The quantitative estimate of drug-likeness (QED) is 0.126. The van der Waals surface area contributed by atoms with Gasteiger partial charge in [0.25, 0.3) is 0 Å². The van der Waals surface area contributed by atoms with E-state index in [0.717, 1.165) is 22.7 Å². The van der Waals surface area contributed by atoms with E-state index < -0.39 is 0 Å². The first-order valence-corrected chi connectivity index (χ1v) is 25.4. The van der Waals surface area contributed by atoms with Crippen molar-refractivity contribution in [2.75, 3.05) is 9.80 Å². The van der Waals surface area contributed by atoms with Gasteiger partial charge in [-0.15, -0.1) is 0 Å². The highest BCUT2D eigenvalue weighted by Crippen LogP contribution is 2.52. The van der Waals surface area contributed by atoms with E-state index >= 15 is 0 Å². The van der Waals surface area contributed by atoms with Crippen molar-refractivity contribution in [2.24, 2.45) is 0 Å². The average molecular weight is 913 g/mol. The molecule has 0 amide bonds. The summed E-state index contributed by atoms with van der Waals surface area (Å²) in [5, 5.41) is 7.58. The largest absolute Gasteiger partial charge is 0.309 e. The fraction of sp³-hybridized carbons (Fsp3) is 0.235. The van der Waals surface area contributed by atoms with Crippen LogP contribution in [0, 0.1) is 41.5 Å². The van der Waals surface area contributed by atoms with Crippen LogP contribution in [-0.2, 0) is 5.41 Å². The third kappa shape index (κ3) is 8.22. The van der Waals surface area contributed by atoms with Crippen LogP contribution >= 0.6 is 0 Å². The van der Waals surface area contributed by atoms with Crippen LogP contribution < -0.4 is 9.80 Å². The molecule has 2 nitrogen and oxygen atoms in total. The van der Waals surface area contributed by atoms with Crippen molar-refractivity contribution in [1.29, 1.82) is 0 Å². The molecule has 350 valence electrons. The van der Waals surface area contributed by atoms with Crippen molar-refractivity contribution in [3.63, 3.8) is 0 Å². The average Bonchev–Trinajstić information content (AvgIpc) is 3.32. The zero-order valence-electron chi connectivity index (χ0n) is 43.6. The molecule has 0 radical (unpaired) electrons. The highest BCUT2D eigenvalue weighted by molar-refractivity contribution is 6.29. The van der Waals surface area contributed by atoms with Crippen molar-refractivity contribution < 1.29 is 0 Å². The van der Waals surface area contributed by atoms with Crippen LogP contribution in [0.4, 0.5) is 34.1 Å². The van der Waals surface area contributed by atoms with Crippen molar-refractivity contribution in [1.82, 2.24) is 0 Å². The molecule has 0 bridgehead atoms. The lowest BCUT2D eigenvalue weighted by molar-refractivity contribution is 0.591. The summed E-state index contributed by atoms with van der Waals surface area (Å²) in [4.78, 5) is 5.16. The molecule has 0 aliphatic carbocycles. The van der Waals surface area contributed by atoms with E-state index in [1.165, 1.54) is 116 Å². The molecule has 70 heavy (non-hydrogen) atoms. The SMILES string of the molecule is Cc1ccc(-c2c(C)cccc2C)cc1N(c1cccc(C(C)C)c1)c1cc(N(c2cccc(C(C)C)c2)c2cc(-c3c(C)cccc3C)ccc2C)c2ccc3cc(C(C)(C)C)cc4ccc1c2c43. The Balaban J connectivity index is 1.38. The Hall–Kier alpha value is -7.16. The van der Waals surface area contributed by atoms with Gasteiger partial charge in [-0.05, 0) is 190 Å². The fourth-order valence-electron chi connectivity index (χ4n) is 11.1. The van der Waals surface area contributed by atoms with Crippen LogP contribution in [0.3, 0.4) is 0 Å². The molecule has 0 unspecified atom stereocenters. The van der Waals surface area contributed by atoms with Gasteiger partial charge in [0.2, 0.25) is 0 Å². The second kappa shape index (κ2) is 18.0. The second-order valence-corrected chi connectivity index (χ2v) is 21.8. The number of benzene rings is 10. The number of rotatable bonds is 10. The molecule has 0 aliphatic rings. The van der Waals surface area contributed by atoms with Gasteiger partial charge in [-0.2, -0.15) is 0 Å². The van der Waals surface area contributed by atoms with E-state index in [1.54, 1.807) is 0 Å². The topological polar surface area (TPSA) is 6.48 Å². The van der Waals surface area contributed by atoms with Gasteiger partial charge in [0.15, 0.2) is 0 Å². The molecule has 2 heteroatoms. The maximum absolute atomic E-state index is 2.58. The number of hydrogen-bond donors (Lipinski definition) is 0. The summed E-state index contributed by atoms with van der Waals surface area (Å²) in [5.41, 5.74) is 23.4. The Morgan fingerprint density at radius 1 is 0.357 bits per heavy atom. The summed E-state index contributed by atoms with van der Waals surface area (Å²) in [6.07, 6.45) is 0. The third-order valence-electron chi connectivity index (χ3n) is 15.1. The van der Waals surface area contributed by atoms with E-state index in [9.17, 15) is 0 Å². The van der Waals surface area contributed by atoms with Crippen LogP contribution in [0.2, 0.25) is 0 Å². The lowest BCUT2D eigenvalue weighted by Gasteiger charge is -2.34. The van der Waals surface area contributed by atoms with Gasteiger partial charge in [-0.1, -0.05) is 170 Å². The van der Waals surface area contributed by atoms with E-state index in [4.69, 9.17) is 0 Å². The molecule has 0 aliphatic heterocycles. The number of hydrogen-bond acceptors (Lipinski definition) is 2. The van der Waals surface area contributed by atoms with Gasteiger partial charge in [0.1, 0.15) is 0 Å². The van der Waals surface area contributed by atoms with Crippen LogP contribution in [0.1, 0.15) is 110 Å². The van der Waals surface area contributed by atoms with Crippen molar-refractivity contribution >= 4 is 66.4 Å². The van der Waals surface area contributed by atoms with Crippen molar-refractivity contribution in [2.45, 2.75) is 107 Å². The first-order valence-electron chi connectivity index (χ1n) is 25.4. The van der Waals surface area contributed by atoms with Gasteiger partial charge in [0.05, 0.1) is 11.4 Å². The minimum Gasteiger partial charge on any atom is -0.309 e. The van der Waals surface area contributed by atoms with Crippen LogP contribution in [0.15, 0.2) is 164 Å². The molecule has 0 atom stereocenters. The zero-order chi connectivity index (χ0) is 49.3. The number of aryl methyl sites for hydroxylation is 6. The van der Waals surface area contributed by atoms with E-state index in [0.29, 0.717) is 11.8 Å². The summed E-state index contributed by atoms with van der Waals surface area (Å²) in [6.45, 7) is 29.7. The Morgan fingerprint density at radius 3 is 1.14 bits per heavy atom. The highest BCUT2D eigenvalue weighted by Gasteiger charge is 2.28. The third-order valence-corrected chi connectivity index (χ3v) is 15.1. The molecule has 0 aromatic heterocycles. The lowest BCUT2D eigenvalue weighted by Crippen LogP contribution is -2.16. The van der Waals surface area contributed by atoms with Crippen LogP contribution in [0.5, 0.6) is 0 Å². The van der Waals surface area contributed by atoms with E-state index in [1.807, 2.05) is 0 Å². The maximum Gasteiger partial charge on any atom is 0.0561 e. The second-order valence-electron chi connectivity index (χ2n) is 21.8. The van der Waals surface area contributed by atoms with Gasteiger partial charge in [-0.25, -0.2) is 0 Å². The monoisotopic (exact) mass is 913 g/mol. The minimum atomic E-state index is -0.00670. The standard InChI is InChI=1S/C68H68N2/c1-41(2)49-22-16-24-56(36-49)69(60-38-53(28-26-43(60)5)64-45(7)18-14-19-46(64)8)62-40-63(59-33-31-52-35-55(68(11,12)13)34-51-30-32-58(62)67(59)66(51)52)70(57-25-17-23-50(37-57)42(3)4)61-39-54(29-27-44(61)6)65-47(9)20-15-21-48(65)10/h14-42H,1-13H3. The predicted octanol–water partition coefficient (Wildman–Crippen LogP) is 20.3. The molecule has 0 fully saturated rings. The first-order chi connectivity index (χ1) is 33.5.